The Bertz CT molecular complexity index is 1010. The van der Waals surface area contributed by atoms with Crippen LogP contribution in [0.2, 0.25) is 0 Å². The van der Waals surface area contributed by atoms with Crippen molar-refractivity contribution in [3.8, 4) is 5.75 Å². The summed E-state index contributed by atoms with van der Waals surface area (Å²) in [5.74, 6) is 0.189. The minimum atomic E-state index is -0.636. The normalized spacial score (nSPS) is 15.9. The Balaban J connectivity index is 1.97. The molecule has 0 aliphatic carbocycles. The smallest absolute Gasteiger partial charge is 0.269 e. The first-order valence-electron chi connectivity index (χ1n) is 8.96. The van der Waals surface area contributed by atoms with Crippen molar-refractivity contribution in [2.45, 2.75) is 19.9 Å². The van der Waals surface area contributed by atoms with Crippen molar-refractivity contribution in [1.29, 1.82) is 0 Å². The summed E-state index contributed by atoms with van der Waals surface area (Å²) in [6, 6.07) is 12.6. The van der Waals surface area contributed by atoms with Crippen molar-refractivity contribution in [1.82, 2.24) is 10.6 Å². The van der Waals surface area contributed by atoms with Crippen LogP contribution >= 0.6 is 12.2 Å². The number of hydrogen-bond donors (Lipinski definition) is 3. The number of nitrogens with one attached hydrogen (secondary N) is 3. The molecule has 150 valence electrons. The molecular weight excluding hydrogens is 392 g/mol. The van der Waals surface area contributed by atoms with Gasteiger partial charge >= 0.3 is 0 Å². The third-order valence-electron chi connectivity index (χ3n) is 4.36. The first-order chi connectivity index (χ1) is 13.9. The Labute approximate surface area is 173 Å². The van der Waals surface area contributed by atoms with Gasteiger partial charge in [0, 0.05) is 17.8 Å². The number of allylic oxidation sites excluding steroid dienone is 1. The molecule has 9 heteroatoms. The maximum Gasteiger partial charge on any atom is 0.269 e. The first-order valence-corrected chi connectivity index (χ1v) is 9.37. The molecule has 8 nitrogen and oxygen atoms in total. The molecule has 0 unspecified atom stereocenters. The number of nitrogens with zero attached hydrogens (tertiary/aromatic N) is 1. The number of nitro benzene ring substituents is 1. The van der Waals surface area contributed by atoms with Gasteiger partial charge in [-0.1, -0.05) is 24.3 Å². The van der Waals surface area contributed by atoms with Gasteiger partial charge in [0.25, 0.3) is 11.6 Å². The van der Waals surface area contributed by atoms with Crippen molar-refractivity contribution in [2.24, 2.45) is 0 Å². The molecule has 1 heterocycles. The highest BCUT2D eigenvalue weighted by atomic mass is 32.1. The summed E-state index contributed by atoms with van der Waals surface area (Å²) in [6.07, 6.45) is 0. The molecule has 0 aromatic heterocycles. The lowest BCUT2D eigenvalue weighted by Crippen LogP contribution is -2.45. The van der Waals surface area contributed by atoms with Crippen LogP contribution in [-0.4, -0.2) is 22.5 Å². The molecule has 1 aliphatic heterocycles. The molecule has 0 fully saturated rings. The molecule has 0 saturated carbocycles. The van der Waals surface area contributed by atoms with Crippen molar-refractivity contribution in [3.63, 3.8) is 0 Å². The predicted molar refractivity (Wildman–Crippen MR) is 114 cm³/mol. The summed E-state index contributed by atoms with van der Waals surface area (Å²) in [5.41, 5.74) is 1.98. The second kappa shape index (κ2) is 8.70. The molecule has 2 aromatic carbocycles. The van der Waals surface area contributed by atoms with Crippen molar-refractivity contribution in [3.05, 3.63) is 75.5 Å². The summed E-state index contributed by atoms with van der Waals surface area (Å²) in [6.45, 7) is 4.06. The molecule has 29 heavy (non-hydrogen) atoms. The maximum absolute atomic E-state index is 13.2. The number of para-hydroxylation sites is 2. The average molecular weight is 412 g/mol. The fourth-order valence-electron chi connectivity index (χ4n) is 3.10. The fraction of sp³-hybridized carbons (Fsp3) is 0.200. The number of rotatable bonds is 6. The van der Waals surface area contributed by atoms with Crippen LogP contribution in [0.15, 0.2) is 59.8 Å². The van der Waals surface area contributed by atoms with E-state index in [4.69, 9.17) is 17.0 Å². The number of thiocarbonyl (C=S) groups is 1. The van der Waals surface area contributed by atoms with Crippen LogP contribution in [0, 0.1) is 10.1 Å². The molecular formula is C20H20N4O4S. The van der Waals surface area contributed by atoms with E-state index < -0.39 is 11.0 Å². The van der Waals surface area contributed by atoms with Crippen LogP contribution in [0.4, 0.5) is 11.4 Å². The van der Waals surface area contributed by atoms with Crippen LogP contribution in [0.1, 0.15) is 25.5 Å². The van der Waals surface area contributed by atoms with E-state index in [0.29, 0.717) is 40.0 Å². The lowest BCUT2D eigenvalue weighted by Gasteiger charge is -2.30. The monoisotopic (exact) mass is 412 g/mol. The summed E-state index contributed by atoms with van der Waals surface area (Å²) in [7, 11) is 0. The highest BCUT2D eigenvalue weighted by Gasteiger charge is 2.31. The van der Waals surface area contributed by atoms with Crippen LogP contribution in [-0.2, 0) is 4.79 Å². The van der Waals surface area contributed by atoms with Crippen molar-refractivity contribution >= 4 is 34.6 Å². The third-order valence-corrected chi connectivity index (χ3v) is 4.58. The van der Waals surface area contributed by atoms with Gasteiger partial charge in [0.2, 0.25) is 0 Å². The Hall–Kier alpha value is -3.46. The number of non-ortho nitro benzene ring substituents is 1. The Morgan fingerprint density at radius 1 is 1.28 bits per heavy atom. The number of hydrogen-bond acceptors (Lipinski definition) is 5. The molecule has 2 aromatic rings. The van der Waals surface area contributed by atoms with Gasteiger partial charge in [-0.2, -0.15) is 0 Å². The average Bonchev–Trinajstić information content (AvgIpc) is 2.69. The summed E-state index contributed by atoms with van der Waals surface area (Å²) in [5, 5.41) is 20.3. The van der Waals surface area contributed by atoms with E-state index in [-0.39, 0.29) is 11.6 Å². The van der Waals surface area contributed by atoms with Gasteiger partial charge in [-0.05, 0) is 43.8 Å². The summed E-state index contributed by atoms with van der Waals surface area (Å²) < 4.78 is 5.56. The highest BCUT2D eigenvalue weighted by Crippen LogP contribution is 2.31. The van der Waals surface area contributed by atoms with Gasteiger partial charge < -0.3 is 20.7 Å². The number of carbonyl (C=O) groups is 1. The van der Waals surface area contributed by atoms with E-state index in [2.05, 4.69) is 16.0 Å². The minimum absolute atomic E-state index is 0.0622. The standard InChI is InChI=1S/C20H20N4O4S/c1-3-28-16-10-5-4-9-15(16)22-19(25)17-12(2)21-20(29)23-18(17)13-7-6-8-14(11-13)24(26)27/h4-11,18H,3H2,1-2H3,(H,22,25)(H2,21,23,29)/t18-/m1/s1. The molecule has 3 N–H and O–H groups in total. The lowest BCUT2D eigenvalue weighted by molar-refractivity contribution is -0.384. The number of amides is 1. The van der Waals surface area contributed by atoms with Crippen molar-refractivity contribution in [2.75, 3.05) is 11.9 Å². The largest absolute Gasteiger partial charge is 0.492 e. The van der Waals surface area contributed by atoms with Crippen LogP contribution in [0.25, 0.3) is 0 Å². The van der Waals surface area contributed by atoms with Gasteiger partial charge in [0.1, 0.15) is 5.75 Å². The number of nitro groups is 1. The topological polar surface area (TPSA) is 106 Å². The van der Waals surface area contributed by atoms with Gasteiger partial charge in [-0.3, -0.25) is 14.9 Å². The van der Waals surface area contributed by atoms with Gasteiger partial charge in [-0.15, -0.1) is 0 Å². The van der Waals surface area contributed by atoms with E-state index in [1.165, 1.54) is 12.1 Å². The molecule has 0 bridgehead atoms. The second-order valence-electron chi connectivity index (χ2n) is 6.31. The van der Waals surface area contributed by atoms with E-state index in [9.17, 15) is 14.9 Å². The molecule has 1 aliphatic rings. The first kappa shape index (κ1) is 20.3. The van der Waals surface area contributed by atoms with Gasteiger partial charge in [0.05, 0.1) is 28.8 Å². The van der Waals surface area contributed by atoms with Crippen LogP contribution in [0.5, 0.6) is 5.75 Å². The molecule has 1 atom stereocenters. The minimum Gasteiger partial charge on any atom is -0.492 e. The maximum atomic E-state index is 13.2. The number of benzene rings is 2. The molecule has 0 saturated heterocycles. The number of anilines is 1. The Kier molecular flexibility index (Phi) is 6.08. The molecule has 3 rings (SSSR count). The zero-order valence-electron chi connectivity index (χ0n) is 15.9. The van der Waals surface area contributed by atoms with Gasteiger partial charge in [-0.25, -0.2) is 0 Å². The quantitative estimate of drug-likeness (QED) is 0.379. The zero-order chi connectivity index (χ0) is 21.0. The third kappa shape index (κ3) is 4.52. The molecule has 1 amide bonds. The predicted octanol–water partition coefficient (Wildman–Crippen LogP) is 3.43. The van der Waals surface area contributed by atoms with Crippen LogP contribution in [0.3, 0.4) is 0 Å². The summed E-state index contributed by atoms with van der Waals surface area (Å²) >= 11 is 5.23. The van der Waals surface area contributed by atoms with Crippen LogP contribution < -0.4 is 20.7 Å². The van der Waals surface area contributed by atoms with Gasteiger partial charge in [0.15, 0.2) is 5.11 Å². The highest BCUT2D eigenvalue weighted by molar-refractivity contribution is 7.80. The van der Waals surface area contributed by atoms with Crippen molar-refractivity contribution < 1.29 is 14.5 Å². The molecule has 0 spiro atoms. The second-order valence-corrected chi connectivity index (χ2v) is 6.71. The zero-order valence-corrected chi connectivity index (χ0v) is 16.7. The van der Waals surface area contributed by atoms with E-state index in [1.54, 1.807) is 37.3 Å². The molecule has 0 radical (unpaired) electrons. The van der Waals surface area contributed by atoms with E-state index in [0.717, 1.165) is 0 Å². The number of ether oxygens (including phenoxy) is 1. The summed E-state index contributed by atoms with van der Waals surface area (Å²) in [4.78, 5) is 23.8. The van der Waals surface area contributed by atoms with E-state index >= 15 is 0 Å². The SMILES string of the molecule is CCOc1ccccc1NC(=O)C1=C(C)NC(=S)N[C@@H]1c1cccc([N+](=O)[O-])c1. The van der Waals surface area contributed by atoms with E-state index in [1.807, 2.05) is 13.0 Å². The fourth-order valence-corrected chi connectivity index (χ4v) is 3.37. The Morgan fingerprint density at radius 3 is 2.76 bits per heavy atom. The lowest BCUT2D eigenvalue weighted by atomic mass is 9.94. The Morgan fingerprint density at radius 2 is 2.03 bits per heavy atom. The number of carbonyl (C=O) groups excluding carboxylic acids is 1.